The lowest BCUT2D eigenvalue weighted by Crippen LogP contribution is -2.37. The number of halogens is 8. The van der Waals surface area contributed by atoms with Crippen molar-refractivity contribution in [2.24, 2.45) is 0 Å². The Hall–Kier alpha value is -3.20. The Bertz CT molecular complexity index is 1800. The fourth-order valence-electron chi connectivity index (χ4n) is 5.99. The summed E-state index contributed by atoms with van der Waals surface area (Å²) >= 11 is 48.2. The normalized spacial score (nSPS) is 10.7. The third kappa shape index (κ3) is 16.1. The van der Waals surface area contributed by atoms with Crippen molar-refractivity contribution in [2.45, 2.75) is 13.3 Å². The van der Waals surface area contributed by atoms with Crippen molar-refractivity contribution in [1.29, 1.82) is 0 Å². The molecule has 0 radical (unpaired) electrons. The SMILES string of the molecule is CCC(=C(c1cc(OC(=O)N(CCCl)CCCl)ccc1OC(=O)N(CCCl)CCCl)c1cc(OC(=O)N(CCCl)CCCl)ccc1OC(=O)N(CCCl)CCCl)c1ccccc1. The smallest absolute Gasteiger partial charge is 0.410 e. The quantitative estimate of drug-likeness (QED) is 0.0643. The molecule has 0 saturated heterocycles. The lowest BCUT2D eigenvalue weighted by molar-refractivity contribution is 0.155. The number of hydrogen-bond acceptors (Lipinski definition) is 8. The zero-order valence-electron chi connectivity index (χ0n) is 34.0. The second-order valence-corrected chi connectivity index (χ2v) is 15.8. The molecule has 4 amide bonds. The van der Waals surface area contributed by atoms with E-state index in [2.05, 4.69) is 0 Å². The summed E-state index contributed by atoms with van der Waals surface area (Å²) in [5.41, 5.74) is 2.16. The van der Waals surface area contributed by atoms with Crippen molar-refractivity contribution in [1.82, 2.24) is 19.6 Å². The Morgan fingerprint density at radius 1 is 0.435 bits per heavy atom. The van der Waals surface area contributed by atoms with E-state index in [9.17, 15) is 19.2 Å². The van der Waals surface area contributed by atoms with Crippen molar-refractivity contribution in [3.8, 4) is 23.0 Å². The van der Waals surface area contributed by atoms with Crippen LogP contribution in [0.1, 0.15) is 30.0 Å². The van der Waals surface area contributed by atoms with Crippen LogP contribution in [0.5, 0.6) is 23.0 Å². The maximum atomic E-state index is 13.8. The zero-order chi connectivity index (χ0) is 45.4. The molecule has 3 rings (SSSR count). The van der Waals surface area contributed by atoms with Gasteiger partial charge in [-0.15, -0.1) is 92.8 Å². The molecular weight excluding hydrogens is 972 g/mol. The second kappa shape index (κ2) is 29.3. The topological polar surface area (TPSA) is 118 Å². The summed E-state index contributed by atoms with van der Waals surface area (Å²) in [6.07, 6.45) is -2.65. The van der Waals surface area contributed by atoms with E-state index in [1.807, 2.05) is 37.3 Å². The van der Waals surface area contributed by atoms with Gasteiger partial charge in [0.15, 0.2) is 0 Å². The number of carbonyl (C=O) groups is 4. The summed E-state index contributed by atoms with van der Waals surface area (Å²) in [5.74, 6) is 1.05. The van der Waals surface area contributed by atoms with Gasteiger partial charge in [-0.1, -0.05) is 37.3 Å². The van der Waals surface area contributed by atoms with Crippen LogP contribution in [0.2, 0.25) is 0 Å². The number of alkyl halides is 8. The number of carbonyl (C=O) groups excluding carboxylic acids is 4. The van der Waals surface area contributed by atoms with Crippen LogP contribution < -0.4 is 18.9 Å². The molecule has 0 unspecified atom stereocenters. The minimum absolute atomic E-state index is 0.0141. The van der Waals surface area contributed by atoms with E-state index < -0.39 is 24.4 Å². The van der Waals surface area contributed by atoms with E-state index in [4.69, 9.17) is 112 Å². The van der Waals surface area contributed by atoms with Gasteiger partial charge in [0, 0.05) is 116 Å². The standard InChI is InChI=1S/C42H48Cl8N4O8/c1-2-33(30-6-4-3-5-7-30)38(34-28-31(59-39(55)51(20-12-43)21-13-44)8-10-36(34)61-41(57)53(24-16-47)25-17-48)35-29-32(60-40(56)52(22-14-45)23-15-46)9-11-37(35)62-42(58)54(26-18-49)27-19-50/h3-11,28-29H,2,12-27H2,1H3. The van der Waals surface area contributed by atoms with Crippen LogP contribution in [0, 0.1) is 0 Å². The summed E-state index contributed by atoms with van der Waals surface area (Å²) in [6, 6.07) is 18.2. The van der Waals surface area contributed by atoms with Gasteiger partial charge in [-0.2, -0.15) is 0 Å². The van der Waals surface area contributed by atoms with Crippen molar-refractivity contribution < 1.29 is 38.1 Å². The van der Waals surface area contributed by atoms with Gasteiger partial charge in [-0.25, -0.2) is 19.2 Å². The monoisotopic (exact) mass is 1020 g/mol. The van der Waals surface area contributed by atoms with Gasteiger partial charge < -0.3 is 38.5 Å². The summed E-state index contributed by atoms with van der Waals surface area (Å²) in [5, 5.41) is 0. The van der Waals surface area contributed by atoms with Crippen LogP contribution in [-0.4, -0.2) is 143 Å². The molecule has 0 aliphatic rings. The van der Waals surface area contributed by atoms with E-state index in [0.717, 1.165) is 5.56 Å². The molecule has 0 bridgehead atoms. The summed E-state index contributed by atoms with van der Waals surface area (Å²) < 4.78 is 24.0. The first-order valence-electron chi connectivity index (χ1n) is 19.5. The Labute approximate surface area is 402 Å². The van der Waals surface area contributed by atoms with Crippen molar-refractivity contribution in [2.75, 3.05) is 99.4 Å². The molecule has 0 N–H and O–H groups in total. The highest BCUT2D eigenvalue weighted by molar-refractivity contribution is 6.20. The molecule has 3 aromatic carbocycles. The fraction of sp³-hybridized carbons (Fsp3) is 0.429. The maximum Gasteiger partial charge on any atom is 0.415 e. The third-order valence-corrected chi connectivity index (χ3v) is 10.2. The Morgan fingerprint density at radius 3 is 1.03 bits per heavy atom. The van der Waals surface area contributed by atoms with Crippen molar-refractivity contribution in [3.05, 3.63) is 83.4 Å². The van der Waals surface area contributed by atoms with Gasteiger partial charge in [0.2, 0.25) is 0 Å². The lowest BCUT2D eigenvalue weighted by atomic mass is 9.87. The molecule has 0 aliphatic carbocycles. The van der Waals surface area contributed by atoms with E-state index in [1.165, 1.54) is 56.0 Å². The van der Waals surface area contributed by atoms with Gasteiger partial charge in [0.05, 0.1) is 0 Å². The highest BCUT2D eigenvalue weighted by Crippen LogP contribution is 2.45. The molecule has 0 spiro atoms. The highest BCUT2D eigenvalue weighted by Gasteiger charge is 2.28. The van der Waals surface area contributed by atoms with E-state index in [-0.39, 0.29) is 134 Å². The van der Waals surface area contributed by atoms with Crippen LogP contribution in [-0.2, 0) is 0 Å². The minimum atomic E-state index is -0.768. The molecule has 0 aromatic heterocycles. The first-order chi connectivity index (χ1) is 30.0. The highest BCUT2D eigenvalue weighted by atomic mass is 35.5. The Kier molecular flexibility index (Phi) is 25.1. The van der Waals surface area contributed by atoms with Crippen LogP contribution >= 0.6 is 92.8 Å². The predicted octanol–water partition coefficient (Wildman–Crippen LogP) is 11.2. The molecule has 0 fully saturated rings. The fourth-order valence-corrected chi connectivity index (χ4v) is 7.62. The van der Waals surface area contributed by atoms with E-state index in [1.54, 1.807) is 0 Å². The zero-order valence-corrected chi connectivity index (χ0v) is 40.0. The third-order valence-electron chi connectivity index (χ3n) is 8.89. The maximum absolute atomic E-state index is 13.8. The number of benzene rings is 3. The predicted molar refractivity (Wildman–Crippen MR) is 252 cm³/mol. The minimum Gasteiger partial charge on any atom is -0.410 e. The van der Waals surface area contributed by atoms with Crippen molar-refractivity contribution in [3.63, 3.8) is 0 Å². The van der Waals surface area contributed by atoms with E-state index in [0.29, 0.717) is 17.6 Å². The van der Waals surface area contributed by atoms with Gasteiger partial charge in [0.25, 0.3) is 0 Å². The molecule has 3 aromatic rings. The van der Waals surface area contributed by atoms with Crippen LogP contribution in [0.25, 0.3) is 11.1 Å². The lowest BCUT2D eigenvalue weighted by Gasteiger charge is -2.25. The molecule has 12 nitrogen and oxygen atoms in total. The molecule has 0 heterocycles. The number of ether oxygens (including phenoxy) is 4. The molecule has 62 heavy (non-hydrogen) atoms. The molecule has 0 saturated carbocycles. The van der Waals surface area contributed by atoms with Gasteiger partial charge >= 0.3 is 24.4 Å². The largest absolute Gasteiger partial charge is 0.415 e. The first kappa shape index (κ1) is 53.1. The summed E-state index contributed by atoms with van der Waals surface area (Å²) in [6.45, 7) is 3.04. The average molecular weight is 1020 g/mol. The number of rotatable bonds is 24. The van der Waals surface area contributed by atoms with Gasteiger partial charge in [0.1, 0.15) is 23.0 Å². The molecule has 0 atom stereocenters. The molecule has 0 aliphatic heterocycles. The average Bonchev–Trinajstić information content (AvgIpc) is 3.26. The number of amides is 4. The number of allylic oxidation sites excluding steroid dienone is 1. The Morgan fingerprint density at radius 2 is 0.742 bits per heavy atom. The van der Waals surface area contributed by atoms with Gasteiger partial charge in [-0.05, 0) is 54.0 Å². The summed E-state index contributed by atoms with van der Waals surface area (Å²) in [4.78, 5) is 60.1. The van der Waals surface area contributed by atoms with E-state index >= 15 is 0 Å². The molecule has 340 valence electrons. The van der Waals surface area contributed by atoms with Crippen LogP contribution in [0.15, 0.2) is 66.7 Å². The summed E-state index contributed by atoms with van der Waals surface area (Å²) in [7, 11) is 0. The first-order valence-corrected chi connectivity index (χ1v) is 23.7. The van der Waals surface area contributed by atoms with Crippen molar-refractivity contribution >= 4 is 128 Å². The number of nitrogens with zero attached hydrogens (tertiary/aromatic N) is 4. The Balaban J connectivity index is 2.51. The second-order valence-electron chi connectivity index (χ2n) is 12.8. The number of hydrogen-bond donors (Lipinski definition) is 0. The van der Waals surface area contributed by atoms with Crippen LogP contribution in [0.4, 0.5) is 19.2 Å². The van der Waals surface area contributed by atoms with Gasteiger partial charge in [-0.3, -0.25) is 0 Å². The molecule has 20 heteroatoms. The molecular formula is C42H48Cl8N4O8. The van der Waals surface area contributed by atoms with Crippen LogP contribution in [0.3, 0.4) is 0 Å².